The van der Waals surface area contributed by atoms with E-state index in [1.165, 1.54) is 12.1 Å². The van der Waals surface area contributed by atoms with E-state index in [0.717, 1.165) is 11.1 Å². The van der Waals surface area contributed by atoms with Crippen molar-refractivity contribution < 1.29 is 9.18 Å². The number of benzene rings is 2. The third kappa shape index (κ3) is 3.80. The quantitative estimate of drug-likeness (QED) is 0.604. The van der Waals surface area contributed by atoms with Gasteiger partial charge in [0.25, 0.3) is 0 Å². The van der Waals surface area contributed by atoms with Gasteiger partial charge in [0.1, 0.15) is 5.82 Å². The van der Waals surface area contributed by atoms with Crippen molar-refractivity contribution in [2.45, 2.75) is 12.8 Å². The van der Waals surface area contributed by atoms with Crippen molar-refractivity contribution >= 4 is 23.4 Å². The zero-order valence-corrected chi connectivity index (χ0v) is 11.1. The molecule has 0 atom stereocenters. The molecule has 19 heavy (non-hydrogen) atoms. The Morgan fingerprint density at radius 3 is 2.53 bits per heavy atom. The standard InChI is InChI=1S/C16H13FOS/c17-15-3-1-2-14(10-15)16(18)9-8-12-4-6-13(11-19)7-5-12/h1-7,10-11H,8-9H2. The van der Waals surface area contributed by atoms with Gasteiger partial charge < -0.3 is 0 Å². The molecule has 0 radical (unpaired) electrons. The number of ketones is 1. The van der Waals surface area contributed by atoms with Crippen LogP contribution in [-0.4, -0.2) is 11.2 Å². The first kappa shape index (κ1) is 13.6. The number of carbonyl (C=O) groups excluding carboxylic acids is 1. The largest absolute Gasteiger partial charge is 0.294 e. The van der Waals surface area contributed by atoms with Crippen molar-refractivity contribution in [2.75, 3.05) is 0 Å². The lowest BCUT2D eigenvalue weighted by atomic mass is 10.0. The van der Waals surface area contributed by atoms with Crippen molar-refractivity contribution in [1.82, 2.24) is 0 Å². The predicted molar refractivity (Wildman–Crippen MR) is 78.3 cm³/mol. The molecule has 96 valence electrons. The zero-order chi connectivity index (χ0) is 13.7. The molecule has 0 fully saturated rings. The van der Waals surface area contributed by atoms with Gasteiger partial charge in [0, 0.05) is 17.4 Å². The van der Waals surface area contributed by atoms with Gasteiger partial charge in [-0.2, -0.15) is 0 Å². The minimum Gasteiger partial charge on any atom is -0.294 e. The highest BCUT2D eigenvalue weighted by molar-refractivity contribution is 7.79. The second-order valence-corrected chi connectivity index (χ2v) is 4.53. The van der Waals surface area contributed by atoms with Crippen LogP contribution in [0.5, 0.6) is 0 Å². The summed E-state index contributed by atoms with van der Waals surface area (Å²) in [6.45, 7) is 0. The third-order valence-electron chi connectivity index (χ3n) is 2.90. The first-order valence-electron chi connectivity index (χ1n) is 6.02. The molecule has 0 unspecified atom stereocenters. The monoisotopic (exact) mass is 272 g/mol. The molecule has 0 N–H and O–H groups in total. The van der Waals surface area contributed by atoms with Crippen LogP contribution in [-0.2, 0) is 6.42 Å². The minimum absolute atomic E-state index is 0.0431. The second-order valence-electron chi connectivity index (χ2n) is 4.29. The highest BCUT2D eigenvalue weighted by Gasteiger charge is 2.06. The maximum absolute atomic E-state index is 13.0. The molecule has 0 aromatic heterocycles. The van der Waals surface area contributed by atoms with Gasteiger partial charge in [-0.05, 0) is 29.7 Å². The number of Topliss-reactive ketones (excluding diaryl/α,β-unsaturated/α-hetero) is 1. The number of carbonyl (C=O) groups is 1. The van der Waals surface area contributed by atoms with E-state index in [1.807, 2.05) is 24.3 Å². The predicted octanol–water partition coefficient (Wildman–Crippen LogP) is 3.99. The average molecular weight is 272 g/mol. The Hall–Kier alpha value is -1.87. The van der Waals surface area contributed by atoms with Crippen LogP contribution in [0.15, 0.2) is 48.5 Å². The summed E-state index contributed by atoms with van der Waals surface area (Å²) in [7, 11) is 0. The van der Waals surface area contributed by atoms with Crippen LogP contribution in [0.4, 0.5) is 4.39 Å². The maximum atomic E-state index is 13.0. The Morgan fingerprint density at radius 1 is 1.16 bits per heavy atom. The van der Waals surface area contributed by atoms with Crippen molar-refractivity contribution in [1.29, 1.82) is 0 Å². The van der Waals surface area contributed by atoms with Gasteiger partial charge in [-0.15, -0.1) is 0 Å². The maximum Gasteiger partial charge on any atom is 0.163 e. The average Bonchev–Trinajstić information content (AvgIpc) is 2.45. The first-order valence-corrected chi connectivity index (χ1v) is 6.49. The fourth-order valence-electron chi connectivity index (χ4n) is 1.83. The first-order chi connectivity index (χ1) is 9.19. The van der Waals surface area contributed by atoms with Crippen LogP contribution in [0.25, 0.3) is 0 Å². The molecule has 0 heterocycles. The molecule has 0 aliphatic rings. The summed E-state index contributed by atoms with van der Waals surface area (Å²) < 4.78 is 13.0. The number of aryl methyl sites for hydroxylation is 1. The molecule has 2 aromatic rings. The van der Waals surface area contributed by atoms with Crippen molar-refractivity contribution in [3.05, 3.63) is 71.0 Å². The van der Waals surface area contributed by atoms with Gasteiger partial charge in [-0.3, -0.25) is 4.79 Å². The minimum atomic E-state index is -0.379. The smallest absolute Gasteiger partial charge is 0.163 e. The SMILES string of the molecule is O=C(CCc1ccc(C=S)cc1)c1cccc(F)c1. The third-order valence-corrected chi connectivity index (χ3v) is 3.18. The Labute approximate surface area is 117 Å². The lowest BCUT2D eigenvalue weighted by Crippen LogP contribution is -2.01. The Morgan fingerprint density at radius 2 is 1.89 bits per heavy atom. The summed E-state index contributed by atoms with van der Waals surface area (Å²) >= 11 is 4.83. The van der Waals surface area contributed by atoms with E-state index in [-0.39, 0.29) is 11.6 Å². The zero-order valence-electron chi connectivity index (χ0n) is 10.3. The Bertz CT molecular complexity index is 590. The second kappa shape index (κ2) is 6.34. The number of hydrogen-bond acceptors (Lipinski definition) is 2. The molecule has 3 heteroatoms. The molecule has 0 spiro atoms. The van der Waals surface area contributed by atoms with E-state index >= 15 is 0 Å². The molecule has 0 saturated carbocycles. The number of halogens is 1. The van der Waals surface area contributed by atoms with E-state index in [0.29, 0.717) is 18.4 Å². The molecule has 0 saturated heterocycles. The summed E-state index contributed by atoms with van der Waals surface area (Å²) in [5.41, 5.74) is 2.48. The van der Waals surface area contributed by atoms with Gasteiger partial charge in [0.15, 0.2) is 5.78 Å². The Balaban J connectivity index is 1.98. The summed E-state index contributed by atoms with van der Waals surface area (Å²) in [5, 5.41) is 1.61. The van der Waals surface area contributed by atoms with Gasteiger partial charge >= 0.3 is 0 Å². The normalized spacial score (nSPS) is 10.2. The lowest BCUT2D eigenvalue weighted by Gasteiger charge is -2.02. The highest BCUT2D eigenvalue weighted by atomic mass is 32.1. The number of rotatable bonds is 5. The molecule has 2 aromatic carbocycles. The molecule has 2 rings (SSSR count). The molecule has 0 aliphatic heterocycles. The van der Waals surface area contributed by atoms with E-state index < -0.39 is 0 Å². The summed E-state index contributed by atoms with van der Waals surface area (Å²) in [6, 6.07) is 13.6. The molecular weight excluding hydrogens is 259 g/mol. The number of hydrogen-bond donors (Lipinski definition) is 0. The van der Waals surface area contributed by atoms with Gasteiger partial charge in [-0.1, -0.05) is 48.6 Å². The highest BCUT2D eigenvalue weighted by Crippen LogP contribution is 2.11. The van der Waals surface area contributed by atoms with E-state index in [2.05, 4.69) is 0 Å². The van der Waals surface area contributed by atoms with E-state index in [1.54, 1.807) is 17.5 Å². The Kier molecular flexibility index (Phi) is 4.53. The van der Waals surface area contributed by atoms with Crippen LogP contribution < -0.4 is 0 Å². The summed E-state index contributed by atoms with van der Waals surface area (Å²) in [6.07, 6.45) is 1.02. The van der Waals surface area contributed by atoms with Crippen molar-refractivity contribution in [2.24, 2.45) is 0 Å². The van der Waals surface area contributed by atoms with Crippen LogP contribution in [0.3, 0.4) is 0 Å². The van der Waals surface area contributed by atoms with Crippen molar-refractivity contribution in [3.63, 3.8) is 0 Å². The van der Waals surface area contributed by atoms with Crippen LogP contribution in [0.2, 0.25) is 0 Å². The van der Waals surface area contributed by atoms with Crippen LogP contribution in [0.1, 0.15) is 27.9 Å². The lowest BCUT2D eigenvalue weighted by molar-refractivity contribution is 0.0982. The van der Waals surface area contributed by atoms with E-state index in [9.17, 15) is 9.18 Å². The molecular formula is C16H13FOS. The molecule has 0 amide bonds. The number of thiocarbonyl (C=S) groups is 1. The van der Waals surface area contributed by atoms with E-state index in [4.69, 9.17) is 12.2 Å². The fraction of sp³-hybridized carbons (Fsp3) is 0.125. The van der Waals surface area contributed by atoms with Crippen LogP contribution in [0, 0.1) is 5.82 Å². The summed E-state index contributed by atoms with van der Waals surface area (Å²) in [4.78, 5) is 11.9. The topological polar surface area (TPSA) is 17.1 Å². The van der Waals surface area contributed by atoms with Crippen LogP contribution >= 0.6 is 12.2 Å². The van der Waals surface area contributed by atoms with Crippen molar-refractivity contribution in [3.8, 4) is 0 Å². The molecule has 0 aliphatic carbocycles. The molecule has 0 bridgehead atoms. The fourth-order valence-corrected chi connectivity index (χ4v) is 1.98. The van der Waals surface area contributed by atoms with Gasteiger partial charge in [0.2, 0.25) is 0 Å². The van der Waals surface area contributed by atoms with Gasteiger partial charge in [0.05, 0.1) is 0 Å². The molecule has 1 nitrogen and oxygen atoms in total. The van der Waals surface area contributed by atoms with Gasteiger partial charge in [-0.25, -0.2) is 4.39 Å². The summed E-state index contributed by atoms with van der Waals surface area (Å²) in [5.74, 6) is -0.422.